The molecule has 0 N–H and O–H groups in total. The van der Waals surface area contributed by atoms with Crippen LogP contribution in [0, 0.1) is 0 Å². The molecule has 0 unspecified atom stereocenters. The molecular formula is C36H23N3O. The Kier molecular flexibility index (Phi) is 5.10. The first-order valence-corrected chi connectivity index (χ1v) is 13.3. The molecule has 8 rings (SSSR count). The highest BCUT2D eigenvalue weighted by Crippen LogP contribution is 2.37. The van der Waals surface area contributed by atoms with Crippen LogP contribution in [0.25, 0.3) is 60.6 Å². The molecule has 8 aromatic rings. The van der Waals surface area contributed by atoms with Crippen molar-refractivity contribution in [1.29, 1.82) is 0 Å². The molecule has 4 heteroatoms. The third kappa shape index (κ3) is 3.62. The minimum atomic E-state index is 0.761. The molecule has 0 spiro atoms. The average Bonchev–Trinajstić information content (AvgIpc) is 3.35. The largest absolute Gasteiger partial charge is 0.457 e. The quantitative estimate of drug-likeness (QED) is 0.220. The van der Waals surface area contributed by atoms with Crippen LogP contribution in [0.5, 0.6) is 11.5 Å². The number of para-hydroxylation sites is 2. The highest BCUT2D eigenvalue weighted by molar-refractivity contribution is 6.11. The van der Waals surface area contributed by atoms with Gasteiger partial charge in [0.1, 0.15) is 17.3 Å². The van der Waals surface area contributed by atoms with Gasteiger partial charge in [-0.2, -0.15) is 0 Å². The Labute approximate surface area is 230 Å². The van der Waals surface area contributed by atoms with Gasteiger partial charge in [-0.25, -0.2) is 9.97 Å². The van der Waals surface area contributed by atoms with Gasteiger partial charge in [-0.3, -0.25) is 4.57 Å². The Hall–Kier alpha value is -5.48. The molecular weight excluding hydrogens is 490 g/mol. The Morgan fingerprint density at radius 2 is 1.23 bits per heavy atom. The van der Waals surface area contributed by atoms with E-state index < -0.39 is 0 Å². The van der Waals surface area contributed by atoms with E-state index >= 15 is 0 Å². The molecule has 40 heavy (non-hydrogen) atoms. The summed E-state index contributed by atoms with van der Waals surface area (Å²) in [7, 11) is 0. The highest BCUT2D eigenvalue weighted by atomic mass is 16.5. The van der Waals surface area contributed by atoms with Crippen molar-refractivity contribution in [1.82, 2.24) is 14.5 Å². The van der Waals surface area contributed by atoms with Crippen LogP contribution in [0.2, 0.25) is 0 Å². The first-order valence-electron chi connectivity index (χ1n) is 13.3. The standard InChI is InChI=1S/C36H23N3O/c1-2-15-31-27(12-1)28-13-3-5-16-32(28)38-36(31)24-10-9-11-25(22-24)40-26-19-20-30-29-14-4-6-17-33(29)39(34(30)23-26)35-18-7-8-21-37-35/h1-23H. The van der Waals surface area contributed by atoms with Crippen molar-refractivity contribution in [3.63, 3.8) is 0 Å². The predicted molar refractivity (Wildman–Crippen MR) is 163 cm³/mol. The van der Waals surface area contributed by atoms with Crippen LogP contribution in [0.1, 0.15) is 0 Å². The monoisotopic (exact) mass is 513 g/mol. The number of nitrogens with zero attached hydrogens (tertiary/aromatic N) is 3. The second kappa shape index (κ2) is 9.07. The number of aromatic nitrogens is 3. The van der Waals surface area contributed by atoms with Crippen LogP contribution in [-0.2, 0) is 0 Å². The fraction of sp³-hybridized carbons (Fsp3) is 0. The molecule has 0 amide bonds. The predicted octanol–water partition coefficient (Wildman–Crippen LogP) is 9.34. The fourth-order valence-corrected chi connectivity index (χ4v) is 5.71. The minimum Gasteiger partial charge on any atom is -0.457 e. The van der Waals surface area contributed by atoms with Crippen molar-refractivity contribution in [3.8, 4) is 28.6 Å². The van der Waals surface area contributed by atoms with Gasteiger partial charge in [0.2, 0.25) is 0 Å². The smallest absolute Gasteiger partial charge is 0.137 e. The van der Waals surface area contributed by atoms with E-state index in [1.807, 2.05) is 48.7 Å². The summed E-state index contributed by atoms with van der Waals surface area (Å²) in [5, 5.41) is 5.83. The van der Waals surface area contributed by atoms with Crippen molar-refractivity contribution < 1.29 is 4.74 Å². The molecule has 0 saturated carbocycles. The van der Waals surface area contributed by atoms with Crippen LogP contribution in [-0.4, -0.2) is 14.5 Å². The average molecular weight is 514 g/mol. The Morgan fingerprint density at radius 3 is 2.10 bits per heavy atom. The zero-order chi connectivity index (χ0) is 26.5. The van der Waals surface area contributed by atoms with Gasteiger partial charge in [-0.05, 0) is 53.9 Å². The van der Waals surface area contributed by atoms with Crippen molar-refractivity contribution in [2.75, 3.05) is 0 Å². The molecule has 0 saturated heterocycles. The maximum absolute atomic E-state index is 6.47. The summed E-state index contributed by atoms with van der Waals surface area (Å²) < 4.78 is 8.67. The maximum atomic E-state index is 6.47. The van der Waals surface area contributed by atoms with Gasteiger partial charge >= 0.3 is 0 Å². The van der Waals surface area contributed by atoms with Crippen LogP contribution in [0.3, 0.4) is 0 Å². The highest BCUT2D eigenvalue weighted by Gasteiger charge is 2.15. The van der Waals surface area contributed by atoms with E-state index in [0.29, 0.717) is 0 Å². The van der Waals surface area contributed by atoms with Crippen LogP contribution < -0.4 is 4.74 Å². The number of pyridine rings is 2. The molecule has 5 aromatic carbocycles. The van der Waals surface area contributed by atoms with Gasteiger partial charge in [-0.15, -0.1) is 0 Å². The lowest BCUT2D eigenvalue weighted by atomic mass is 10.00. The molecule has 0 bridgehead atoms. The molecule has 0 atom stereocenters. The van der Waals surface area contributed by atoms with Crippen LogP contribution in [0.15, 0.2) is 140 Å². The number of benzene rings is 5. The molecule has 188 valence electrons. The van der Waals surface area contributed by atoms with Gasteiger partial charge in [0.15, 0.2) is 0 Å². The maximum Gasteiger partial charge on any atom is 0.137 e. The van der Waals surface area contributed by atoms with Crippen molar-refractivity contribution in [3.05, 3.63) is 140 Å². The first kappa shape index (κ1) is 22.5. The van der Waals surface area contributed by atoms with Gasteiger partial charge in [0.25, 0.3) is 0 Å². The topological polar surface area (TPSA) is 39.9 Å². The van der Waals surface area contributed by atoms with E-state index in [1.165, 1.54) is 10.8 Å². The van der Waals surface area contributed by atoms with Gasteiger partial charge in [-0.1, -0.05) is 78.9 Å². The summed E-state index contributed by atoms with van der Waals surface area (Å²) in [5.41, 5.74) is 5.12. The lowest BCUT2D eigenvalue weighted by Gasteiger charge is -2.12. The SMILES string of the molecule is c1ccc(-n2c3ccccc3c3ccc(Oc4cccc(-c5nc6ccccc6c6ccccc56)c4)cc32)nc1. The molecule has 0 fully saturated rings. The minimum absolute atomic E-state index is 0.761. The molecule has 0 aliphatic carbocycles. The second-order valence-corrected chi connectivity index (χ2v) is 9.87. The van der Waals surface area contributed by atoms with Crippen molar-refractivity contribution in [2.45, 2.75) is 0 Å². The first-order chi connectivity index (χ1) is 19.8. The van der Waals surface area contributed by atoms with Gasteiger partial charge in [0.05, 0.1) is 22.2 Å². The lowest BCUT2D eigenvalue weighted by Crippen LogP contribution is -1.96. The second-order valence-electron chi connectivity index (χ2n) is 9.87. The molecule has 0 radical (unpaired) electrons. The van der Waals surface area contributed by atoms with E-state index in [2.05, 4.69) is 101 Å². The molecule has 4 nitrogen and oxygen atoms in total. The summed E-state index contributed by atoms with van der Waals surface area (Å²) >= 11 is 0. The summed E-state index contributed by atoms with van der Waals surface area (Å²) in [4.78, 5) is 9.71. The zero-order valence-electron chi connectivity index (χ0n) is 21.5. The molecule has 0 aliphatic heterocycles. The van der Waals surface area contributed by atoms with Crippen LogP contribution in [0.4, 0.5) is 0 Å². The number of ether oxygens (including phenoxy) is 1. The van der Waals surface area contributed by atoms with E-state index in [1.54, 1.807) is 0 Å². The third-order valence-corrected chi connectivity index (χ3v) is 7.48. The van der Waals surface area contributed by atoms with E-state index in [9.17, 15) is 0 Å². The third-order valence-electron chi connectivity index (χ3n) is 7.48. The summed E-state index contributed by atoms with van der Waals surface area (Å²) in [6, 6.07) is 45.6. The van der Waals surface area contributed by atoms with E-state index in [-0.39, 0.29) is 0 Å². The summed E-state index contributed by atoms with van der Waals surface area (Å²) in [5.74, 6) is 2.40. The number of rotatable bonds is 4. The van der Waals surface area contributed by atoms with E-state index in [4.69, 9.17) is 9.72 Å². The van der Waals surface area contributed by atoms with E-state index in [0.717, 1.165) is 61.3 Å². The molecule has 3 aromatic heterocycles. The Balaban J connectivity index is 1.24. The van der Waals surface area contributed by atoms with Crippen molar-refractivity contribution in [2.24, 2.45) is 0 Å². The van der Waals surface area contributed by atoms with Crippen LogP contribution >= 0.6 is 0 Å². The number of hydrogen-bond acceptors (Lipinski definition) is 3. The number of hydrogen-bond donors (Lipinski definition) is 0. The lowest BCUT2D eigenvalue weighted by molar-refractivity contribution is 0.483. The van der Waals surface area contributed by atoms with Gasteiger partial charge in [0, 0.05) is 39.4 Å². The van der Waals surface area contributed by atoms with Gasteiger partial charge < -0.3 is 4.74 Å². The number of fused-ring (bicyclic) bond motifs is 6. The normalized spacial score (nSPS) is 11.5. The molecule has 0 aliphatic rings. The zero-order valence-corrected chi connectivity index (χ0v) is 21.5. The molecule has 3 heterocycles. The fourth-order valence-electron chi connectivity index (χ4n) is 5.71. The Morgan fingerprint density at radius 1 is 0.500 bits per heavy atom. The Bertz CT molecular complexity index is 2200. The van der Waals surface area contributed by atoms with Crippen molar-refractivity contribution >= 4 is 43.5 Å². The summed E-state index contributed by atoms with van der Waals surface area (Å²) in [6.45, 7) is 0. The summed E-state index contributed by atoms with van der Waals surface area (Å²) in [6.07, 6.45) is 1.83.